The molecule has 17 heavy (non-hydrogen) atoms. The fourth-order valence-corrected chi connectivity index (χ4v) is 1.67. The Morgan fingerprint density at radius 3 is 2.88 bits per heavy atom. The summed E-state index contributed by atoms with van der Waals surface area (Å²) in [5.74, 6) is 0.242. The molecule has 0 amide bonds. The van der Waals surface area contributed by atoms with E-state index in [0.29, 0.717) is 11.5 Å². The van der Waals surface area contributed by atoms with Crippen molar-refractivity contribution in [3.8, 4) is 23.0 Å². The van der Waals surface area contributed by atoms with Crippen LogP contribution >= 0.6 is 0 Å². The molecule has 0 radical (unpaired) electrons. The van der Waals surface area contributed by atoms with Crippen molar-refractivity contribution < 1.29 is 28.8 Å². The van der Waals surface area contributed by atoms with Crippen LogP contribution < -0.4 is 14.2 Å². The van der Waals surface area contributed by atoms with Gasteiger partial charge in [-0.25, -0.2) is 0 Å². The minimum Gasteiger partial charge on any atom is -0.507 e. The molecule has 92 valence electrons. The Kier molecular flexibility index (Phi) is 3.06. The van der Waals surface area contributed by atoms with Gasteiger partial charge in [0.05, 0.1) is 7.11 Å². The molecule has 1 aromatic carbocycles. The normalized spacial score (nSPS) is 12.6. The molecule has 1 heterocycles. The molecule has 0 aromatic heterocycles. The van der Waals surface area contributed by atoms with Crippen molar-refractivity contribution in [3.63, 3.8) is 0 Å². The highest BCUT2D eigenvalue weighted by atomic mass is 16.7. The van der Waals surface area contributed by atoms with Gasteiger partial charge in [0, 0.05) is 13.2 Å². The topological polar surface area (TPSA) is 74.2 Å². The highest BCUT2D eigenvalue weighted by Gasteiger charge is 2.28. The summed E-state index contributed by atoms with van der Waals surface area (Å²) in [5.41, 5.74) is 0.0404. The lowest BCUT2D eigenvalue weighted by Crippen LogP contribution is -2.09. The number of ether oxygens (including phenoxy) is 4. The molecular weight excluding hydrogens is 228 g/mol. The standard InChI is InChI=1S/C11H12O6/c1-14-4-7(13)9-6(12)3-8-10(11(9)15-2)17-5-16-8/h3,12H,4-5H2,1-2H3. The van der Waals surface area contributed by atoms with Gasteiger partial charge in [0.2, 0.25) is 12.5 Å². The van der Waals surface area contributed by atoms with E-state index in [0.717, 1.165) is 0 Å². The number of rotatable bonds is 4. The van der Waals surface area contributed by atoms with Crippen LogP contribution in [-0.4, -0.2) is 38.5 Å². The Balaban J connectivity index is 2.54. The van der Waals surface area contributed by atoms with Gasteiger partial charge < -0.3 is 24.1 Å². The van der Waals surface area contributed by atoms with Crippen LogP contribution in [0.4, 0.5) is 0 Å². The molecule has 0 atom stereocenters. The maximum Gasteiger partial charge on any atom is 0.231 e. The molecule has 6 nitrogen and oxygen atoms in total. The van der Waals surface area contributed by atoms with Crippen molar-refractivity contribution in [1.29, 1.82) is 0 Å². The minimum absolute atomic E-state index is 0.0348. The number of hydrogen-bond acceptors (Lipinski definition) is 6. The van der Waals surface area contributed by atoms with Crippen molar-refractivity contribution in [1.82, 2.24) is 0 Å². The van der Waals surface area contributed by atoms with E-state index in [-0.39, 0.29) is 36.2 Å². The molecule has 0 fully saturated rings. The lowest BCUT2D eigenvalue weighted by Gasteiger charge is -2.11. The number of methoxy groups -OCH3 is 2. The van der Waals surface area contributed by atoms with Gasteiger partial charge in [-0.2, -0.15) is 0 Å². The summed E-state index contributed by atoms with van der Waals surface area (Å²) in [5, 5.41) is 9.79. The molecule has 1 aromatic rings. The van der Waals surface area contributed by atoms with Gasteiger partial charge in [-0.05, 0) is 0 Å². The van der Waals surface area contributed by atoms with Gasteiger partial charge in [0.25, 0.3) is 0 Å². The van der Waals surface area contributed by atoms with Gasteiger partial charge >= 0.3 is 0 Å². The van der Waals surface area contributed by atoms with E-state index in [1.54, 1.807) is 0 Å². The average Bonchev–Trinajstić information content (AvgIpc) is 2.74. The number of aromatic hydroxyl groups is 1. The predicted molar refractivity (Wildman–Crippen MR) is 57.0 cm³/mol. The van der Waals surface area contributed by atoms with Gasteiger partial charge in [0.1, 0.15) is 17.9 Å². The highest BCUT2D eigenvalue weighted by molar-refractivity contribution is 6.03. The first kappa shape index (κ1) is 11.5. The molecule has 1 aliphatic heterocycles. The Hall–Kier alpha value is -1.95. The van der Waals surface area contributed by atoms with Crippen molar-refractivity contribution in [2.75, 3.05) is 27.6 Å². The molecule has 6 heteroatoms. The van der Waals surface area contributed by atoms with Crippen LogP contribution in [0.25, 0.3) is 0 Å². The Bertz CT molecular complexity index is 454. The third kappa shape index (κ3) is 1.87. The molecule has 0 spiro atoms. The maximum absolute atomic E-state index is 11.8. The minimum atomic E-state index is -0.389. The third-order valence-corrected chi connectivity index (χ3v) is 2.36. The van der Waals surface area contributed by atoms with E-state index in [2.05, 4.69) is 0 Å². The van der Waals surface area contributed by atoms with Crippen molar-refractivity contribution >= 4 is 5.78 Å². The third-order valence-electron chi connectivity index (χ3n) is 2.36. The van der Waals surface area contributed by atoms with Gasteiger partial charge in [-0.1, -0.05) is 0 Å². The molecule has 0 saturated heterocycles. The fraction of sp³-hybridized carbons (Fsp3) is 0.364. The van der Waals surface area contributed by atoms with Gasteiger partial charge in [0.15, 0.2) is 17.3 Å². The Morgan fingerprint density at radius 2 is 2.24 bits per heavy atom. The largest absolute Gasteiger partial charge is 0.507 e. The van der Waals surface area contributed by atoms with Crippen LogP contribution in [0.2, 0.25) is 0 Å². The van der Waals surface area contributed by atoms with E-state index in [1.165, 1.54) is 20.3 Å². The number of carbonyl (C=O) groups excluding carboxylic acids is 1. The molecular formula is C11H12O6. The average molecular weight is 240 g/mol. The summed E-state index contributed by atoms with van der Waals surface area (Å²) in [4.78, 5) is 11.8. The van der Waals surface area contributed by atoms with Gasteiger partial charge in [-0.3, -0.25) is 4.79 Å². The highest BCUT2D eigenvalue weighted by Crippen LogP contribution is 2.47. The molecule has 0 aliphatic carbocycles. The summed E-state index contributed by atoms with van der Waals surface area (Å²) in [6.45, 7) is -0.114. The summed E-state index contributed by atoms with van der Waals surface area (Å²) in [6.07, 6.45) is 0. The van der Waals surface area contributed by atoms with Crippen molar-refractivity contribution in [3.05, 3.63) is 11.6 Å². The second-order valence-electron chi connectivity index (χ2n) is 3.39. The van der Waals surface area contributed by atoms with Crippen molar-refractivity contribution in [2.24, 2.45) is 0 Å². The molecule has 0 saturated carbocycles. The molecule has 0 bridgehead atoms. The van der Waals surface area contributed by atoms with E-state index in [4.69, 9.17) is 18.9 Å². The number of hydrogen-bond donors (Lipinski definition) is 1. The van der Waals surface area contributed by atoms with E-state index >= 15 is 0 Å². The quantitative estimate of drug-likeness (QED) is 0.790. The number of ketones is 1. The number of phenolic OH excluding ortho intramolecular Hbond substituents is 1. The van der Waals surface area contributed by atoms with Crippen LogP contribution in [-0.2, 0) is 4.74 Å². The maximum atomic E-state index is 11.8. The molecule has 2 rings (SSSR count). The summed E-state index contributed by atoms with van der Waals surface area (Å²) >= 11 is 0. The zero-order valence-electron chi connectivity index (χ0n) is 9.48. The number of benzene rings is 1. The first-order chi connectivity index (χ1) is 8.19. The van der Waals surface area contributed by atoms with E-state index < -0.39 is 0 Å². The summed E-state index contributed by atoms with van der Waals surface area (Å²) < 4.78 is 20.1. The molecule has 0 unspecified atom stereocenters. The Morgan fingerprint density at radius 1 is 1.47 bits per heavy atom. The predicted octanol–water partition coefficient (Wildman–Crippen LogP) is 0.959. The number of carbonyl (C=O) groups is 1. The van der Waals surface area contributed by atoms with Gasteiger partial charge in [-0.15, -0.1) is 0 Å². The fourth-order valence-electron chi connectivity index (χ4n) is 1.67. The second-order valence-corrected chi connectivity index (χ2v) is 3.39. The molecule has 1 aliphatic rings. The summed E-state index contributed by atoms with van der Waals surface area (Å²) in [7, 11) is 2.79. The first-order valence-electron chi connectivity index (χ1n) is 4.90. The lowest BCUT2D eigenvalue weighted by atomic mass is 10.1. The number of phenols is 1. The number of fused-ring (bicyclic) bond motifs is 1. The zero-order valence-corrected chi connectivity index (χ0v) is 9.48. The molecule has 1 N–H and O–H groups in total. The van der Waals surface area contributed by atoms with Crippen LogP contribution in [0.1, 0.15) is 10.4 Å². The van der Waals surface area contributed by atoms with E-state index in [9.17, 15) is 9.90 Å². The van der Waals surface area contributed by atoms with E-state index in [1.807, 2.05) is 0 Å². The van der Waals surface area contributed by atoms with Crippen LogP contribution in [0.5, 0.6) is 23.0 Å². The van der Waals surface area contributed by atoms with Crippen LogP contribution in [0.3, 0.4) is 0 Å². The lowest BCUT2D eigenvalue weighted by molar-refractivity contribution is 0.0841. The SMILES string of the molecule is COCC(=O)c1c(O)cc2c(c1OC)OCO2. The first-order valence-corrected chi connectivity index (χ1v) is 4.90. The monoisotopic (exact) mass is 240 g/mol. The second kappa shape index (κ2) is 4.50. The zero-order chi connectivity index (χ0) is 12.4. The smallest absolute Gasteiger partial charge is 0.231 e. The summed E-state index contributed by atoms with van der Waals surface area (Å²) in [6, 6.07) is 1.33. The Labute approximate surface area is 97.7 Å². The van der Waals surface area contributed by atoms with Crippen molar-refractivity contribution in [2.45, 2.75) is 0 Å². The van der Waals surface area contributed by atoms with Crippen LogP contribution in [0.15, 0.2) is 6.07 Å². The number of Topliss-reactive ketones (excluding diaryl/α,β-unsaturated/α-hetero) is 1. The van der Waals surface area contributed by atoms with Crippen LogP contribution in [0, 0.1) is 0 Å².